The molecule has 5 nitrogen and oxygen atoms in total. The van der Waals surface area contributed by atoms with Gasteiger partial charge < -0.3 is 20.1 Å². The van der Waals surface area contributed by atoms with Gasteiger partial charge in [-0.25, -0.2) is 0 Å². The van der Waals surface area contributed by atoms with E-state index in [-0.39, 0.29) is 20.8 Å². The van der Waals surface area contributed by atoms with Gasteiger partial charge in [0.1, 0.15) is 10.8 Å². The number of aromatic hydroxyl groups is 2. The van der Waals surface area contributed by atoms with Gasteiger partial charge >= 0.3 is 5.97 Å². The fraction of sp³-hybridized carbons (Fsp3) is 0.292. The number of phenolic OH excluding ortho intramolecular Hbond substituents is 2. The summed E-state index contributed by atoms with van der Waals surface area (Å²) in [6, 6.07) is 11.3. The van der Waals surface area contributed by atoms with Crippen LogP contribution in [0.5, 0.6) is 17.2 Å². The first-order valence-electron chi connectivity index (χ1n) is 10.2. The Kier molecular flexibility index (Phi) is 7.99. The fourth-order valence-electron chi connectivity index (χ4n) is 3.43. The molecule has 0 spiro atoms. The van der Waals surface area contributed by atoms with Crippen LogP contribution in [0.2, 0.25) is 15.1 Å². The molecule has 1 atom stereocenters. The zero-order valence-electron chi connectivity index (χ0n) is 17.4. The van der Waals surface area contributed by atoms with Crippen molar-refractivity contribution in [1.29, 1.82) is 0 Å². The van der Waals surface area contributed by atoms with Crippen molar-refractivity contribution in [2.24, 2.45) is 0 Å². The minimum Gasteiger partial charge on any atom is -0.504 e. The van der Waals surface area contributed by atoms with Crippen LogP contribution in [-0.2, 0) is 11.2 Å². The predicted molar refractivity (Wildman–Crippen MR) is 128 cm³/mol. The van der Waals surface area contributed by atoms with Gasteiger partial charge in [0, 0.05) is 5.56 Å². The number of carboxylic acids is 1. The summed E-state index contributed by atoms with van der Waals surface area (Å²) in [5.41, 5.74) is 1.14. The average Bonchev–Trinajstić information content (AvgIpc) is 2.79. The van der Waals surface area contributed by atoms with E-state index >= 15 is 0 Å². The molecule has 8 heteroatoms. The lowest BCUT2D eigenvalue weighted by Crippen LogP contribution is -2.07. The Bertz CT molecular complexity index is 1120. The van der Waals surface area contributed by atoms with Crippen LogP contribution in [0.4, 0.5) is 0 Å². The van der Waals surface area contributed by atoms with Crippen LogP contribution in [0, 0.1) is 0 Å². The molecule has 0 fully saturated rings. The van der Waals surface area contributed by atoms with E-state index in [0.717, 1.165) is 41.3 Å². The van der Waals surface area contributed by atoms with Crippen molar-refractivity contribution in [3.05, 3.63) is 62.6 Å². The summed E-state index contributed by atoms with van der Waals surface area (Å²) in [6.07, 6.45) is 2.78. The van der Waals surface area contributed by atoms with Gasteiger partial charge in [-0.3, -0.25) is 4.79 Å². The first-order valence-corrected chi connectivity index (χ1v) is 11.3. The minimum atomic E-state index is -0.849. The van der Waals surface area contributed by atoms with Crippen molar-refractivity contribution < 1.29 is 24.9 Å². The zero-order valence-corrected chi connectivity index (χ0v) is 19.6. The number of unbranched alkanes of at least 4 members (excludes halogenated alkanes) is 2. The van der Waals surface area contributed by atoms with Crippen LogP contribution >= 0.6 is 34.8 Å². The average molecular weight is 498 g/mol. The maximum Gasteiger partial charge on any atom is 0.310 e. The van der Waals surface area contributed by atoms with Gasteiger partial charge in [0.15, 0.2) is 11.5 Å². The maximum atomic E-state index is 11.2. The highest BCUT2D eigenvalue weighted by Gasteiger charge is 2.20. The molecule has 0 bridgehead atoms. The molecule has 0 saturated carbocycles. The first-order chi connectivity index (χ1) is 15.2. The van der Waals surface area contributed by atoms with Crippen LogP contribution in [0.25, 0.3) is 10.8 Å². The highest BCUT2D eigenvalue weighted by atomic mass is 35.5. The highest BCUT2D eigenvalue weighted by molar-refractivity contribution is 6.49. The monoisotopic (exact) mass is 496 g/mol. The molecule has 0 aliphatic carbocycles. The summed E-state index contributed by atoms with van der Waals surface area (Å²) >= 11 is 18.0. The summed E-state index contributed by atoms with van der Waals surface area (Å²) in [5, 5.41) is 31.0. The predicted octanol–water partition coefficient (Wildman–Crippen LogP) is 7.19. The van der Waals surface area contributed by atoms with Gasteiger partial charge in [-0.2, -0.15) is 0 Å². The number of carbonyl (C=O) groups is 1. The number of aliphatic carboxylic acids is 1. The van der Waals surface area contributed by atoms with Crippen LogP contribution < -0.4 is 4.74 Å². The molecule has 0 amide bonds. The Labute approximate surface area is 201 Å². The van der Waals surface area contributed by atoms with Gasteiger partial charge in [-0.1, -0.05) is 59.1 Å². The van der Waals surface area contributed by atoms with Gasteiger partial charge in [0.05, 0.1) is 22.6 Å². The maximum absolute atomic E-state index is 11.2. The van der Waals surface area contributed by atoms with Crippen molar-refractivity contribution in [3.63, 3.8) is 0 Å². The number of carboxylic acid groups (broad SMARTS) is 1. The summed E-state index contributed by atoms with van der Waals surface area (Å²) in [7, 11) is 0. The number of rotatable bonds is 9. The quantitative estimate of drug-likeness (QED) is 0.165. The summed E-state index contributed by atoms with van der Waals surface area (Å²) in [4.78, 5) is 11.2. The minimum absolute atomic E-state index is 0.0304. The largest absolute Gasteiger partial charge is 0.504 e. The lowest BCUT2D eigenvalue weighted by atomic mass is 9.98. The van der Waals surface area contributed by atoms with E-state index in [1.165, 1.54) is 0 Å². The number of hydrogen-bond donors (Lipinski definition) is 3. The molecule has 0 saturated heterocycles. The molecule has 0 aliphatic rings. The van der Waals surface area contributed by atoms with Gasteiger partial charge in [-0.15, -0.1) is 0 Å². The van der Waals surface area contributed by atoms with E-state index in [4.69, 9.17) is 39.5 Å². The van der Waals surface area contributed by atoms with E-state index in [2.05, 4.69) is 0 Å². The van der Waals surface area contributed by atoms with Gasteiger partial charge in [-0.05, 0) is 61.1 Å². The highest BCUT2D eigenvalue weighted by Crippen LogP contribution is 2.46. The van der Waals surface area contributed by atoms with E-state index in [9.17, 15) is 20.1 Å². The molecule has 0 heterocycles. The van der Waals surface area contributed by atoms with Crippen molar-refractivity contribution >= 4 is 51.5 Å². The Morgan fingerprint density at radius 3 is 2.31 bits per heavy atom. The van der Waals surface area contributed by atoms with Crippen molar-refractivity contribution in [2.75, 3.05) is 6.61 Å². The summed E-state index contributed by atoms with van der Waals surface area (Å²) in [6.45, 7) is 2.19. The third-order valence-electron chi connectivity index (χ3n) is 5.41. The molecule has 0 unspecified atom stereocenters. The number of hydrogen-bond acceptors (Lipinski definition) is 4. The molecule has 3 aromatic rings. The Hall–Kier alpha value is -2.34. The normalized spacial score (nSPS) is 12.1. The lowest BCUT2D eigenvalue weighted by molar-refractivity contribution is -0.138. The van der Waals surface area contributed by atoms with Crippen LogP contribution in [0.1, 0.15) is 43.2 Å². The summed E-state index contributed by atoms with van der Waals surface area (Å²) in [5.74, 6) is -1.46. The molecule has 3 rings (SSSR count). The topological polar surface area (TPSA) is 87.0 Å². The lowest BCUT2D eigenvalue weighted by Gasteiger charge is -2.12. The Morgan fingerprint density at radius 2 is 1.59 bits per heavy atom. The van der Waals surface area contributed by atoms with Crippen LogP contribution in [-0.4, -0.2) is 27.9 Å². The standard InChI is InChI=1S/C24H23Cl3O5/c1-13(24(30)31)14-6-7-16-12-17(9-8-15(16)11-14)32-10-4-2-3-5-18-19(25)20(26)21(27)23(29)22(18)28/h6-9,11-13,28-29H,2-5,10H2,1H3,(H,30,31)/t13-/m0/s1. The summed E-state index contributed by atoms with van der Waals surface area (Å²) < 4.78 is 5.84. The van der Waals surface area contributed by atoms with E-state index < -0.39 is 17.6 Å². The molecular weight excluding hydrogens is 475 g/mol. The molecular formula is C24H23Cl3O5. The van der Waals surface area contributed by atoms with Crippen molar-refractivity contribution in [1.82, 2.24) is 0 Å². The Morgan fingerprint density at radius 1 is 0.906 bits per heavy atom. The smallest absolute Gasteiger partial charge is 0.310 e. The molecule has 0 aromatic heterocycles. The van der Waals surface area contributed by atoms with Crippen molar-refractivity contribution in [2.45, 2.75) is 38.5 Å². The molecule has 0 radical (unpaired) electrons. The number of benzene rings is 3. The van der Waals surface area contributed by atoms with Gasteiger partial charge in [0.25, 0.3) is 0 Å². The Balaban J connectivity index is 1.51. The van der Waals surface area contributed by atoms with Crippen LogP contribution in [0.15, 0.2) is 36.4 Å². The SMILES string of the molecule is C[C@H](C(=O)O)c1ccc2cc(OCCCCCc3c(O)c(O)c(Cl)c(Cl)c3Cl)ccc2c1. The van der Waals surface area contributed by atoms with Gasteiger partial charge in [0.2, 0.25) is 0 Å². The number of phenols is 2. The first kappa shape index (κ1) is 24.3. The number of ether oxygens (including phenoxy) is 1. The zero-order chi connectivity index (χ0) is 23.4. The number of fused-ring (bicyclic) bond motifs is 1. The second-order valence-corrected chi connectivity index (χ2v) is 8.74. The second kappa shape index (κ2) is 10.5. The molecule has 0 aliphatic heterocycles. The third-order valence-corrected chi connectivity index (χ3v) is 6.77. The molecule has 3 aromatic carbocycles. The van der Waals surface area contributed by atoms with E-state index in [0.29, 0.717) is 18.6 Å². The molecule has 3 N–H and O–H groups in total. The fourth-order valence-corrected chi connectivity index (χ4v) is 4.14. The van der Waals surface area contributed by atoms with E-state index in [1.54, 1.807) is 6.92 Å². The third kappa shape index (κ3) is 5.34. The molecule has 170 valence electrons. The second-order valence-electron chi connectivity index (χ2n) is 7.61. The van der Waals surface area contributed by atoms with Crippen molar-refractivity contribution in [3.8, 4) is 17.2 Å². The van der Waals surface area contributed by atoms with Crippen LogP contribution in [0.3, 0.4) is 0 Å². The van der Waals surface area contributed by atoms with E-state index in [1.807, 2.05) is 36.4 Å². The molecule has 32 heavy (non-hydrogen) atoms. The number of halogens is 3.